The number of carboxylic acid groups (broad SMARTS) is 2. The number of nitrogens with two attached hydrogens (primary N) is 1. The molecule has 3 aromatic rings. The molecule has 52 heavy (non-hydrogen) atoms. The molecule has 2 aliphatic heterocycles. The summed E-state index contributed by atoms with van der Waals surface area (Å²) in [4.78, 5) is 86.0. The second-order valence-electron chi connectivity index (χ2n) is 10.8. The maximum atomic E-state index is 13.6. The van der Waals surface area contributed by atoms with E-state index in [9.17, 15) is 39.0 Å². The van der Waals surface area contributed by atoms with Crippen LogP contribution in [0, 0.1) is 0 Å². The second-order valence-corrected chi connectivity index (χ2v) is 13.8. The highest BCUT2D eigenvalue weighted by atomic mass is 32.2. The molecule has 5 rings (SSSR count). The van der Waals surface area contributed by atoms with Crippen LogP contribution < -0.4 is 35.7 Å². The quantitative estimate of drug-likeness (QED) is 0.0314. The van der Waals surface area contributed by atoms with Gasteiger partial charge in [-0.2, -0.15) is 5.43 Å². The van der Waals surface area contributed by atoms with Crippen molar-refractivity contribution in [3.8, 4) is 11.5 Å². The fraction of sp³-hybridized carbons (Fsp3) is 0.258. The number of aromatic nitrogens is 2. The van der Waals surface area contributed by atoms with Gasteiger partial charge < -0.3 is 40.4 Å². The van der Waals surface area contributed by atoms with Crippen LogP contribution in [-0.2, 0) is 33.6 Å². The molecule has 272 valence electrons. The molecule has 2 aromatic heterocycles. The van der Waals surface area contributed by atoms with E-state index in [1.165, 1.54) is 41.0 Å². The molecule has 1 saturated heterocycles. The van der Waals surface area contributed by atoms with Gasteiger partial charge in [0, 0.05) is 53.3 Å². The Balaban J connectivity index is 1.36. The molecule has 2 amide bonds. The smallest absolute Gasteiger partial charge is 0.352 e. The number of fused-ring (bicyclic) bond motifs is 1. The number of pyridine rings is 1. The Morgan fingerprint density at radius 3 is 2.44 bits per heavy atom. The van der Waals surface area contributed by atoms with E-state index in [0.29, 0.717) is 5.57 Å². The summed E-state index contributed by atoms with van der Waals surface area (Å²) in [5.41, 5.74) is 8.14. The number of rotatable bonds is 14. The van der Waals surface area contributed by atoms with E-state index >= 15 is 0 Å². The van der Waals surface area contributed by atoms with E-state index in [0.717, 1.165) is 41.0 Å². The fourth-order valence-corrected chi connectivity index (χ4v) is 7.85. The van der Waals surface area contributed by atoms with Gasteiger partial charge >= 0.3 is 17.9 Å². The molecule has 21 heteroatoms. The number of hydrogen-bond acceptors (Lipinski definition) is 17. The zero-order valence-corrected chi connectivity index (χ0v) is 29.8. The molecule has 0 aliphatic carbocycles. The highest BCUT2D eigenvalue weighted by molar-refractivity contribution is 8.01. The Morgan fingerprint density at radius 2 is 1.85 bits per heavy atom. The number of ether oxygens (including phenoxy) is 2. The number of benzene rings is 1. The number of amides is 2. The van der Waals surface area contributed by atoms with Crippen molar-refractivity contribution in [2.45, 2.75) is 36.3 Å². The topological polar surface area (TPSA) is 256 Å². The molecule has 0 bridgehead atoms. The summed E-state index contributed by atoms with van der Waals surface area (Å²) in [5, 5.41) is 29.1. The Bertz CT molecular complexity index is 2000. The first-order valence-corrected chi connectivity index (χ1v) is 17.9. The number of hydrogen-bond donors (Lipinski definition) is 4. The van der Waals surface area contributed by atoms with E-state index in [1.54, 1.807) is 24.1 Å². The summed E-state index contributed by atoms with van der Waals surface area (Å²) in [6.07, 6.45) is 1.70. The van der Waals surface area contributed by atoms with Crippen molar-refractivity contribution in [2.75, 3.05) is 29.7 Å². The number of oxime groups is 1. The third kappa shape index (κ3) is 8.44. The van der Waals surface area contributed by atoms with Crippen LogP contribution in [0.1, 0.15) is 31.2 Å². The average molecular weight is 772 g/mol. The second kappa shape index (κ2) is 16.1. The SMILES string of the molecule is CN[n+]1ccc(SCC2=C(C(=O)[O-])N3C(=O)[C@@H](NC(=O)/C(=N\O[C@@H](C(=O)O)c4ccc(OC(C)=O)c(OC(C)=O)c4)c4csc(N)n4)[C@H]3SC2)cc1. The van der Waals surface area contributed by atoms with Gasteiger partial charge in [-0.05, 0) is 17.7 Å². The van der Waals surface area contributed by atoms with Gasteiger partial charge in [0.25, 0.3) is 11.8 Å². The molecule has 18 nitrogen and oxygen atoms in total. The highest BCUT2D eigenvalue weighted by Gasteiger charge is 2.53. The lowest BCUT2D eigenvalue weighted by molar-refractivity contribution is -0.647. The molecule has 0 spiro atoms. The van der Waals surface area contributed by atoms with Crippen molar-refractivity contribution in [2.24, 2.45) is 5.16 Å². The predicted molar refractivity (Wildman–Crippen MR) is 183 cm³/mol. The monoisotopic (exact) mass is 771 g/mol. The van der Waals surface area contributed by atoms with Crippen LogP contribution in [0.2, 0.25) is 0 Å². The van der Waals surface area contributed by atoms with Gasteiger partial charge in [0.05, 0.1) is 18.7 Å². The summed E-state index contributed by atoms with van der Waals surface area (Å²) < 4.78 is 11.8. The minimum atomic E-state index is -1.89. The average Bonchev–Trinajstić information content (AvgIpc) is 3.53. The number of aliphatic carboxylic acids is 2. The van der Waals surface area contributed by atoms with Crippen LogP contribution in [0.4, 0.5) is 5.13 Å². The molecule has 1 aromatic carbocycles. The number of esters is 2. The molecular weight excluding hydrogens is 743 g/mol. The number of β-lactam (4-membered cyclic amide) rings is 1. The molecule has 2 aliphatic rings. The largest absolute Gasteiger partial charge is 0.543 e. The minimum absolute atomic E-state index is 0.0389. The van der Waals surface area contributed by atoms with Crippen LogP contribution in [0.3, 0.4) is 0 Å². The Labute approximate surface area is 307 Å². The number of nitrogens with zero attached hydrogens (tertiary/aromatic N) is 4. The summed E-state index contributed by atoms with van der Waals surface area (Å²) in [6.45, 7) is 2.20. The first-order chi connectivity index (χ1) is 24.8. The molecule has 0 unspecified atom stereocenters. The van der Waals surface area contributed by atoms with Crippen molar-refractivity contribution < 1.29 is 58.0 Å². The summed E-state index contributed by atoms with van der Waals surface area (Å²) in [7, 11) is 1.76. The van der Waals surface area contributed by atoms with Crippen LogP contribution >= 0.6 is 34.9 Å². The van der Waals surface area contributed by atoms with E-state index in [4.69, 9.17) is 20.0 Å². The highest BCUT2D eigenvalue weighted by Crippen LogP contribution is 2.41. The van der Waals surface area contributed by atoms with Crippen molar-refractivity contribution in [3.63, 3.8) is 0 Å². The minimum Gasteiger partial charge on any atom is -0.543 e. The molecule has 0 radical (unpaired) electrons. The molecule has 4 heterocycles. The third-order valence-corrected chi connectivity index (χ3v) is 10.3. The Kier molecular flexibility index (Phi) is 11.7. The molecule has 5 N–H and O–H groups in total. The summed E-state index contributed by atoms with van der Waals surface area (Å²) in [5.74, 6) is -6.28. The standard InChI is InChI=1S/C31H29N7O11S3/c1-14(39)47-20-5-4-16(10-21(20)48-15(2)40)25(30(45)46)49-36-22(19-13-52-31(32)34-19)26(41)35-23-27(42)38-24(29(43)44)17(12-51-28(23)38)11-50-18-6-8-37(33-3)9-7-18/h4-10,13,23,25,28,33H,11-12H2,1-3H3,(H4-,32,34,35,41,43,44,45,46)/b36-22-/t23-,25-,28-/m1/s1. The van der Waals surface area contributed by atoms with Crippen LogP contribution in [0.25, 0.3) is 0 Å². The number of thiazole rings is 1. The lowest BCUT2D eigenvalue weighted by atomic mass is 10.0. The van der Waals surface area contributed by atoms with Crippen LogP contribution in [0.5, 0.6) is 11.5 Å². The fourth-order valence-electron chi connectivity index (χ4n) is 4.94. The predicted octanol–water partition coefficient (Wildman–Crippen LogP) is -0.220. The van der Waals surface area contributed by atoms with Crippen molar-refractivity contribution >= 4 is 81.4 Å². The number of nitrogen functional groups attached to an aromatic ring is 1. The number of carbonyl (C=O) groups is 6. The zero-order chi connectivity index (χ0) is 37.7. The third-order valence-electron chi connectivity index (χ3n) is 7.23. The molecular formula is C31H29N7O11S3. The van der Waals surface area contributed by atoms with Gasteiger partial charge in [0.15, 0.2) is 22.3 Å². The van der Waals surface area contributed by atoms with E-state index in [2.05, 4.69) is 20.9 Å². The van der Waals surface area contributed by atoms with Crippen LogP contribution in [0.15, 0.2) is 69.4 Å². The van der Waals surface area contributed by atoms with Gasteiger partial charge in [-0.3, -0.25) is 24.1 Å². The summed E-state index contributed by atoms with van der Waals surface area (Å²) >= 11 is 3.57. The van der Waals surface area contributed by atoms with Gasteiger partial charge in [-0.25, -0.2) is 9.78 Å². The number of carbonyl (C=O) groups excluding carboxylic acids is 5. The van der Waals surface area contributed by atoms with E-state index in [1.807, 2.05) is 12.1 Å². The number of nitrogens with one attached hydrogen (secondary N) is 2. The van der Waals surface area contributed by atoms with Gasteiger partial charge in [-0.15, -0.1) is 34.9 Å². The van der Waals surface area contributed by atoms with Gasteiger partial charge in [0.2, 0.25) is 18.5 Å². The molecule has 3 atom stereocenters. The molecule has 0 saturated carbocycles. The maximum Gasteiger partial charge on any atom is 0.352 e. The van der Waals surface area contributed by atoms with Gasteiger partial charge in [-0.1, -0.05) is 15.9 Å². The lowest BCUT2D eigenvalue weighted by Crippen LogP contribution is -2.71. The number of carboxylic acids is 2. The lowest BCUT2D eigenvalue weighted by Gasteiger charge is -2.50. The molecule has 1 fully saturated rings. The van der Waals surface area contributed by atoms with E-state index < -0.39 is 58.9 Å². The van der Waals surface area contributed by atoms with E-state index in [-0.39, 0.29) is 45.1 Å². The Hall–Kier alpha value is -5.67. The maximum absolute atomic E-state index is 13.6. The van der Waals surface area contributed by atoms with Crippen molar-refractivity contribution in [1.82, 2.24) is 15.2 Å². The zero-order valence-electron chi connectivity index (χ0n) is 27.4. The van der Waals surface area contributed by atoms with Crippen molar-refractivity contribution in [1.29, 1.82) is 0 Å². The Morgan fingerprint density at radius 1 is 1.15 bits per heavy atom. The van der Waals surface area contributed by atoms with Crippen LogP contribution in [-0.4, -0.2) is 86.4 Å². The summed E-state index contributed by atoms with van der Waals surface area (Å²) in [6, 6.07) is 5.99. The number of thioether (sulfide) groups is 2. The first kappa shape index (κ1) is 37.6. The van der Waals surface area contributed by atoms with Gasteiger partial charge in [0.1, 0.15) is 17.1 Å². The number of anilines is 1. The first-order valence-electron chi connectivity index (χ1n) is 15.0. The normalized spacial score (nSPS) is 17.3. The van der Waals surface area contributed by atoms with Crippen molar-refractivity contribution in [3.05, 3.63) is 70.6 Å².